The van der Waals surface area contributed by atoms with Crippen LogP contribution in [0.5, 0.6) is 0 Å². The van der Waals surface area contributed by atoms with E-state index in [1.165, 1.54) is 21.7 Å². The first-order chi connectivity index (χ1) is 10.7. The van der Waals surface area contributed by atoms with Crippen LogP contribution in [0.2, 0.25) is 0 Å². The summed E-state index contributed by atoms with van der Waals surface area (Å²) in [6, 6.07) is 10.6. The van der Waals surface area contributed by atoms with Crippen molar-refractivity contribution in [3.05, 3.63) is 52.0 Å². The van der Waals surface area contributed by atoms with Gasteiger partial charge in [-0.3, -0.25) is 4.90 Å². The van der Waals surface area contributed by atoms with Gasteiger partial charge in [-0.2, -0.15) is 0 Å². The van der Waals surface area contributed by atoms with Crippen LogP contribution in [-0.2, 0) is 12.8 Å². The number of rotatable bonds is 4. The molecule has 0 saturated heterocycles. The maximum atomic E-state index is 5.82. The zero-order valence-electron chi connectivity index (χ0n) is 13.1. The average Bonchev–Trinajstić information content (AvgIpc) is 2.80. The number of thiazole rings is 1. The van der Waals surface area contributed by atoms with Gasteiger partial charge in [-0.25, -0.2) is 4.98 Å². The molecule has 2 aromatic rings. The number of nitrogens with two attached hydrogens (primary N) is 1. The highest BCUT2D eigenvalue weighted by molar-refractivity contribution is 7.15. The van der Waals surface area contributed by atoms with Crippen molar-refractivity contribution >= 4 is 22.5 Å². The molecule has 1 aliphatic rings. The Bertz CT molecular complexity index is 620. The molecule has 116 valence electrons. The van der Waals surface area contributed by atoms with Crippen molar-refractivity contribution in [2.45, 2.75) is 26.2 Å². The van der Waals surface area contributed by atoms with Gasteiger partial charge in [0.05, 0.1) is 5.69 Å². The van der Waals surface area contributed by atoms with Crippen LogP contribution in [0, 0.1) is 0 Å². The SMILES string of the molecule is CC/C(=C\c1ccccc1)CN1CCc2nc(N)sc2CC1. The molecule has 3 nitrogen and oxygen atoms in total. The normalized spacial score (nSPS) is 16.3. The van der Waals surface area contributed by atoms with Gasteiger partial charge in [0.15, 0.2) is 5.13 Å². The van der Waals surface area contributed by atoms with Gasteiger partial charge in [0.2, 0.25) is 0 Å². The fourth-order valence-electron chi connectivity index (χ4n) is 2.92. The van der Waals surface area contributed by atoms with E-state index in [0.29, 0.717) is 0 Å². The molecule has 0 bridgehead atoms. The Hall–Kier alpha value is -1.65. The Balaban J connectivity index is 1.65. The zero-order chi connectivity index (χ0) is 15.4. The second-order valence-corrected chi connectivity index (χ2v) is 6.88. The van der Waals surface area contributed by atoms with Crippen molar-refractivity contribution in [3.63, 3.8) is 0 Å². The number of hydrogen-bond acceptors (Lipinski definition) is 4. The molecule has 0 radical (unpaired) electrons. The number of fused-ring (bicyclic) bond motifs is 1. The van der Waals surface area contributed by atoms with Crippen molar-refractivity contribution in [1.82, 2.24) is 9.88 Å². The molecule has 22 heavy (non-hydrogen) atoms. The second-order valence-electron chi connectivity index (χ2n) is 5.76. The zero-order valence-corrected chi connectivity index (χ0v) is 13.9. The van der Waals surface area contributed by atoms with E-state index < -0.39 is 0 Å². The highest BCUT2D eigenvalue weighted by atomic mass is 32.1. The lowest BCUT2D eigenvalue weighted by molar-refractivity contribution is 0.310. The predicted octanol–water partition coefficient (Wildman–Crippen LogP) is 3.62. The number of anilines is 1. The van der Waals surface area contributed by atoms with Crippen LogP contribution in [0.25, 0.3) is 6.08 Å². The molecule has 0 aliphatic carbocycles. The van der Waals surface area contributed by atoms with E-state index in [9.17, 15) is 0 Å². The minimum atomic E-state index is 0.719. The van der Waals surface area contributed by atoms with Gasteiger partial charge in [0, 0.05) is 30.9 Å². The summed E-state index contributed by atoms with van der Waals surface area (Å²) in [5.74, 6) is 0. The van der Waals surface area contributed by atoms with E-state index in [-0.39, 0.29) is 0 Å². The Kier molecular flexibility index (Phi) is 4.90. The number of aromatic nitrogens is 1. The smallest absolute Gasteiger partial charge is 0.180 e. The highest BCUT2D eigenvalue weighted by Crippen LogP contribution is 2.24. The molecule has 2 heterocycles. The monoisotopic (exact) mass is 313 g/mol. The van der Waals surface area contributed by atoms with Crippen LogP contribution in [-0.4, -0.2) is 29.5 Å². The molecule has 1 aromatic carbocycles. The molecule has 0 unspecified atom stereocenters. The number of benzene rings is 1. The summed E-state index contributed by atoms with van der Waals surface area (Å²) in [6.07, 6.45) is 5.52. The molecule has 0 amide bonds. The van der Waals surface area contributed by atoms with Gasteiger partial charge in [-0.15, -0.1) is 11.3 Å². The largest absolute Gasteiger partial charge is 0.375 e. The van der Waals surface area contributed by atoms with Crippen LogP contribution in [0.1, 0.15) is 29.5 Å². The van der Waals surface area contributed by atoms with Crippen LogP contribution in [0.4, 0.5) is 5.13 Å². The Morgan fingerprint density at radius 3 is 2.82 bits per heavy atom. The fraction of sp³-hybridized carbons (Fsp3) is 0.389. The summed E-state index contributed by atoms with van der Waals surface area (Å²) in [7, 11) is 0. The first kappa shape index (κ1) is 15.3. The topological polar surface area (TPSA) is 42.2 Å². The van der Waals surface area contributed by atoms with E-state index in [0.717, 1.165) is 44.0 Å². The summed E-state index contributed by atoms with van der Waals surface area (Å²) in [5.41, 5.74) is 9.82. The third-order valence-electron chi connectivity index (χ3n) is 4.17. The van der Waals surface area contributed by atoms with Gasteiger partial charge in [0.1, 0.15) is 0 Å². The number of hydrogen-bond donors (Lipinski definition) is 1. The molecule has 1 aliphatic heterocycles. The summed E-state index contributed by atoms with van der Waals surface area (Å²) in [5, 5.41) is 0.719. The van der Waals surface area contributed by atoms with Gasteiger partial charge < -0.3 is 5.73 Å². The lowest BCUT2D eigenvalue weighted by Crippen LogP contribution is -2.28. The van der Waals surface area contributed by atoms with Crippen LogP contribution >= 0.6 is 11.3 Å². The minimum Gasteiger partial charge on any atom is -0.375 e. The van der Waals surface area contributed by atoms with Crippen molar-refractivity contribution in [1.29, 1.82) is 0 Å². The van der Waals surface area contributed by atoms with Gasteiger partial charge in [-0.1, -0.05) is 48.9 Å². The first-order valence-corrected chi connectivity index (χ1v) is 8.77. The fourth-order valence-corrected chi connectivity index (χ4v) is 3.79. The average molecular weight is 313 g/mol. The van der Waals surface area contributed by atoms with Gasteiger partial charge >= 0.3 is 0 Å². The van der Waals surface area contributed by atoms with E-state index in [4.69, 9.17) is 5.73 Å². The molecule has 3 rings (SSSR count). The van der Waals surface area contributed by atoms with Gasteiger partial charge in [-0.05, 0) is 18.4 Å². The summed E-state index contributed by atoms with van der Waals surface area (Å²) in [4.78, 5) is 8.39. The molecular weight excluding hydrogens is 290 g/mol. The van der Waals surface area contributed by atoms with Gasteiger partial charge in [0.25, 0.3) is 0 Å². The van der Waals surface area contributed by atoms with Crippen molar-refractivity contribution < 1.29 is 0 Å². The maximum Gasteiger partial charge on any atom is 0.180 e. The Labute approximate surface area is 136 Å². The number of nitrogen functional groups attached to an aromatic ring is 1. The minimum absolute atomic E-state index is 0.719. The molecule has 0 saturated carbocycles. The van der Waals surface area contributed by atoms with E-state index >= 15 is 0 Å². The molecule has 1 aromatic heterocycles. The summed E-state index contributed by atoms with van der Waals surface area (Å²) >= 11 is 1.66. The van der Waals surface area contributed by atoms with E-state index in [1.807, 2.05) is 0 Å². The predicted molar refractivity (Wildman–Crippen MR) is 95.1 cm³/mol. The summed E-state index contributed by atoms with van der Waals surface area (Å²) in [6.45, 7) is 5.46. The lowest BCUT2D eigenvalue weighted by atomic mass is 10.1. The van der Waals surface area contributed by atoms with Crippen molar-refractivity contribution in [2.75, 3.05) is 25.4 Å². The molecular formula is C18H23N3S. The second kappa shape index (κ2) is 7.07. The standard InChI is InChI=1S/C18H23N3S/c1-2-14(12-15-6-4-3-5-7-15)13-21-10-8-16-17(9-11-21)22-18(19)20-16/h3-7,12H,2,8-11,13H2,1H3,(H2,19,20)/b14-12+. The molecule has 2 N–H and O–H groups in total. The van der Waals surface area contributed by atoms with Crippen molar-refractivity contribution in [2.24, 2.45) is 0 Å². The molecule has 0 spiro atoms. The molecule has 0 fully saturated rings. The molecule has 4 heteroatoms. The number of nitrogens with zero attached hydrogens (tertiary/aromatic N) is 2. The first-order valence-electron chi connectivity index (χ1n) is 7.95. The van der Waals surface area contributed by atoms with Crippen molar-refractivity contribution in [3.8, 4) is 0 Å². The third kappa shape index (κ3) is 3.76. The molecule has 0 atom stereocenters. The quantitative estimate of drug-likeness (QED) is 0.937. The van der Waals surface area contributed by atoms with Crippen LogP contribution < -0.4 is 5.73 Å². The van der Waals surface area contributed by atoms with E-state index in [2.05, 4.69) is 53.2 Å². The lowest BCUT2D eigenvalue weighted by Gasteiger charge is -2.21. The Morgan fingerprint density at radius 1 is 1.27 bits per heavy atom. The third-order valence-corrected chi connectivity index (χ3v) is 5.15. The maximum absolute atomic E-state index is 5.82. The van der Waals surface area contributed by atoms with E-state index in [1.54, 1.807) is 11.3 Å². The highest BCUT2D eigenvalue weighted by Gasteiger charge is 2.17. The van der Waals surface area contributed by atoms with Crippen LogP contribution in [0.3, 0.4) is 0 Å². The Morgan fingerprint density at radius 2 is 2.05 bits per heavy atom. The van der Waals surface area contributed by atoms with Crippen LogP contribution in [0.15, 0.2) is 35.9 Å². The summed E-state index contributed by atoms with van der Waals surface area (Å²) < 4.78 is 0.